The van der Waals surface area contributed by atoms with Crippen LogP contribution in [-0.2, 0) is 15.8 Å². The summed E-state index contributed by atoms with van der Waals surface area (Å²) in [6.07, 6.45) is 2.14. The van der Waals surface area contributed by atoms with Crippen LogP contribution >= 0.6 is 0 Å². The van der Waals surface area contributed by atoms with Crippen LogP contribution in [0.5, 0.6) is 0 Å². The maximum atomic E-state index is 12.0. The first kappa shape index (κ1) is 15.0. The normalized spacial score (nSPS) is 22.6. The highest BCUT2D eigenvalue weighted by Crippen LogP contribution is 2.24. The van der Waals surface area contributed by atoms with Gasteiger partial charge in [-0.1, -0.05) is 18.6 Å². The number of benzene rings is 1. The van der Waals surface area contributed by atoms with Crippen LogP contribution < -0.4 is 4.72 Å². The number of hydrogen-bond donors (Lipinski definition) is 2. The molecule has 1 aliphatic carbocycles. The average molecular weight is 294 g/mol. The van der Waals surface area contributed by atoms with Gasteiger partial charge in [-0.3, -0.25) is 0 Å². The number of aliphatic hydroxyl groups excluding tert-OH is 1. The number of nitrogens with one attached hydrogen (secondary N) is 1. The Bertz CT molecular complexity index is 607. The molecule has 5 nitrogen and oxygen atoms in total. The van der Waals surface area contributed by atoms with Gasteiger partial charge in [-0.2, -0.15) is 5.26 Å². The summed E-state index contributed by atoms with van der Waals surface area (Å²) in [6, 6.07) is 8.55. The van der Waals surface area contributed by atoms with Gasteiger partial charge in [0.05, 0.1) is 23.5 Å². The molecular formula is C14H18N2O3S. The minimum atomic E-state index is -3.44. The Morgan fingerprint density at radius 2 is 2.20 bits per heavy atom. The molecule has 2 atom stereocenters. The summed E-state index contributed by atoms with van der Waals surface area (Å²) < 4.78 is 26.5. The number of nitrogens with zero attached hydrogens (tertiary/aromatic N) is 1. The van der Waals surface area contributed by atoms with Crippen molar-refractivity contribution in [1.29, 1.82) is 5.26 Å². The molecule has 1 saturated carbocycles. The van der Waals surface area contributed by atoms with E-state index in [0.29, 0.717) is 11.1 Å². The van der Waals surface area contributed by atoms with Gasteiger partial charge >= 0.3 is 0 Å². The zero-order chi connectivity index (χ0) is 14.6. The second kappa shape index (κ2) is 6.35. The lowest BCUT2D eigenvalue weighted by molar-refractivity contribution is 0.134. The van der Waals surface area contributed by atoms with Gasteiger partial charge in [0.2, 0.25) is 10.0 Å². The van der Waals surface area contributed by atoms with Crippen molar-refractivity contribution in [3.63, 3.8) is 0 Å². The summed E-state index contributed by atoms with van der Waals surface area (Å²) in [5.74, 6) is -0.138. The maximum absolute atomic E-state index is 12.0. The van der Waals surface area contributed by atoms with Crippen LogP contribution in [0.2, 0.25) is 0 Å². The van der Waals surface area contributed by atoms with Crippen LogP contribution in [0.15, 0.2) is 24.3 Å². The first-order chi connectivity index (χ1) is 9.50. The number of sulfonamides is 1. The summed E-state index contributed by atoms with van der Waals surface area (Å²) >= 11 is 0. The Morgan fingerprint density at radius 3 is 2.85 bits per heavy atom. The fourth-order valence-electron chi connectivity index (χ4n) is 2.49. The molecule has 2 unspecified atom stereocenters. The summed E-state index contributed by atoms with van der Waals surface area (Å²) in [5.41, 5.74) is 1.03. The molecule has 0 bridgehead atoms. The van der Waals surface area contributed by atoms with E-state index in [1.165, 1.54) is 0 Å². The van der Waals surface area contributed by atoms with Crippen molar-refractivity contribution in [2.24, 2.45) is 5.92 Å². The van der Waals surface area contributed by atoms with Crippen molar-refractivity contribution >= 4 is 10.0 Å². The molecule has 6 heteroatoms. The van der Waals surface area contributed by atoms with E-state index in [1.54, 1.807) is 24.3 Å². The smallest absolute Gasteiger partial charge is 0.215 e. The minimum Gasteiger partial charge on any atom is -0.393 e. The lowest BCUT2D eigenvalue weighted by Gasteiger charge is -2.15. The number of nitriles is 1. The molecule has 0 amide bonds. The first-order valence-corrected chi connectivity index (χ1v) is 8.30. The number of rotatable bonds is 5. The lowest BCUT2D eigenvalue weighted by Crippen LogP contribution is -2.33. The largest absolute Gasteiger partial charge is 0.393 e. The van der Waals surface area contributed by atoms with Crippen LogP contribution in [0, 0.1) is 17.2 Å². The summed E-state index contributed by atoms with van der Waals surface area (Å²) in [4.78, 5) is 0. The van der Waals surface area contributed by atoms with E-state index in [4.69, 9.17) is 5.26 Å². The molecule has 0 heterocycles. The zero-order valence-electron chi connectivity index (χ0n) is 11.1. The molecule has 0 radical (unpaired) electrons. The van der Waals surface area contributed by atoms with Crippen LogP contribution in [0.1, 0.15) is 30.4 Å². The topological polar surface area (TPSA) is 90.2 Å². The molecule has 1 aromatic rings. The van der Waals surface area contributed by atoms with Crippen LogP contribution in [0.25, 0.3) is 0 Å². The van der Waals surface area contributed by atoms with E-state index in [0.717, 1.165) is 19.3 Å². The van der Waals surface area contributed by atoms with Gasteiger partial charge in [0.25, 0.3) is 0 Å². The van der Waals surface area contributed by atoms with Crippen molar-refractivity contribution in [1.82, 2.24) is 4.72 Å². The van der Waals surface area contributed by atoms with Crippen LogP contribution in [-0.4, -0.2) is 26.2 Å². The Hall–Kier alpha value is -1.42. The third-order valence-electron chi connectivity index (χ3n) is 3.60. The van der Waals surface area contributed by atoms with Gasteiger partial charge in [0.1, 0.15) is 0 Å². The molecule has 0 aromatic heterocycles. The van der Waals surface area contributed by atoms with Crippen molar-refractivity contribution in [3.8, 4) is 6.07 Å². The Kier molecular flexibility index (Phi) is 4.76. The Balaban J connectivity index is 1.95. The summed E-state index contributed by atoms with van der Waals surface area (Å²) in [7, 11) is -3.44. The lowest BCUT2D eigenvalue weighted by atomic mass is 10.1. The molecular weight excluding hydrogens is 276 g/mol. The molecule has 20 heavy (non-hydrogen) atoms. The summed E-state index contributed by atoms with van der Waals surface area (Å²) in [5, 5.41) is 18.5. The first-order valence-electron chi connectivity index (χ1n) is 6.64. The monoisotopic (exact) mass is 294 g/mol. The van der Waals surface area contributed by atoms with E-state index in [1.807, 2.05) is 6.07 Å². The molecule has 0 spiro atoms. The summed E-state index contributed by atoms with van der Waals surface area (Å²) in [6.45, 7) is 0.279. The van der Waals surface area contributed by atoms with E-state index < -0.39 is 16.1 Å². The molecule has 108 valence electrons. The van der Waals surface area contributed by atoms with Gasteiger partial charge in [-0.25, -0.2) is 13.1 Å². The van der Waals surface area contributed by atoms with Gasteiger partial charge in [-0.15, -0.1) is 0 Å². The van der Waals surface area contributed by atoms with Crippen molar-refractivity contribution in [2.45, 2.75) is 31.1 Å². The predicted octanol–water partition coefficient (Wildman–Crippen LogP) is 1.14. The maximum Gasteiger partial charge on any atom is 0.215 e. The van der Waals surface area contributed by atoms with Crippen molar-refractivity contribution in [3.05, 3.63) is 35.4 Å². The van der Waals surface area contributed by atoms with E-state index in [-0.39, 0.29) is 18.2 Å². The van der Waals surface area contributed by atoms with Crippen LogP contribution in [0.3, 0.4) is 0 Å². The average Bonchev–Trinajstić information content (AvgIpc) is 2.82. The highest BCUT2D eigenvalue weighted by Gasteiger charge is 2.26. The van der Waals surface area contributed by atoms with Gasteiger partial charge in [0.15, 0.2) is 0 Å². The molecule has 2 N–H and O–H groups in total. The van der Waals surface area contributed by atoms with E-state index in [2.05, 4.69) is 4.72 Å². The molecule has 1 aliphatic rings. The number of hydrogen-bond acceptors (Lipinski definition) is 4. The van der Waals surface area contributed by atoms with Gasteiger partial charge < -0.3 is 5.11 Å². The minimum absolute atomic E-state index is 0.00946. The van der Waals surface area contributed by atoms with Crippen molar-refractivity contribution < 1.29 is 13.5 Å². The quantitative estimate of drug-likeness (QED) is 0.852. The third-order valence-corrected chi connectivity index (χ3v) is 4.92. The van der Waals surface area contributed by atoms with Crippen LogP contribution in [0.4, 0.5) is 0 Å². The number of aliphatic hydroxyl groups is 1. The SMILES string of the molecule is N#Cc1cccc(CS(=O)(=O)NCC2CCCC2O)c1. The van der Waals surface area contributed by atoms with E-state index >= 15 is 0 Å². The molecule has 2 rings (SSSR count). The van der Waals surface area contributed by atoms with Gasteiger partial charge in [-0.05, 0) is 36.5 Å². The highest BCUT2D eigenvalue weighted by molar-refractivity contribution is 7.88. The molecule has 1 fully saturated rings. The Morgan fingerprint density at radius 1 is 1.40 bits per heavy atom. The molecule has 1 aromatic carbocycles. The second-order valence-corrected chi connectivity index (χ2v) is 6.98. The van der Waals surface area contributed by atoms with E-state index in [9.17, 15) is 13.5 Å². The van der Waals surface area contributed by atoms with Gasteiger partial charge in [0, 0.05) is 6.54 Å². The third kappa shape index (κ3) is 4.04. The molecule has 0 aliphatic heterocycles. The van der Waals surface area contributed by atoms with Crippen molar-refractivity contribution in [2.75, 3.05) is 6.54 Å². The predicted molar refractivity (Wildman–Crippen MR) is 75.1 cm³/mol. The zero-order valence-corrected chi connectivity index (χ0v) is 11.9. The highest BCUT2D eigenvalue weighted by atomic mass is 32.2. The fourth-order valence-corrected chi connectivity index (χ4v) is 3.68. The molecule has 0 saturated heterocycles. The second-order valence-electron chi connectivity index (χ2n) is 5.18. The standard InChI is InChI=1S/C14H18N2O3S/c15-8-11-3-1-4-12(7-11)10-20(18,19)16-9-13-5-2-6-14(13)17/h1,3-4,7,13-14,16-17H,2,5-6,9-10H2. The Labute approximate surface area is 119 Å². The fraction of sp³-hybridized carbons (Fsp3) is 0.500.